The first kappa shape index (κ1) is 61.0. The number of ether oxygens (including phenoxy) is 4. The highest BCUT2D eigenvalue weighted by Crippen LogP contribution is 2.60. The number of Topliss-reactive ketones (excluding diaryl/α,β-unsaturated/α-hetero) is 1. The number of rotatable bonds is 7. The maximum absolute atomic E-state index is 16.3. The van der Waals surface area contributed by atoms with Gasteiger partial charge in [-0.2, -0.15) is 0 Å². The summed E-state index contributed by atoms with van der Waals surface area (Å²) in [7, 11) is 0. The second-order valence-corrected chi connectivity index (χ2v) is 24.7. The van der Waals surface area contributed by atoms with Gasteiger partial charge in [0.25, 0.3) is 11.4 Å². The minimum absolute atomic E-state index is 0.000685. The van der Waals surface area contributed by atoms with Gasteiger partial charge in [0.15, 0.2) is 34.9 Å². The van der Waals surface area contributed by atoms with Crippen LogP contribution in [0, 0.1) is 35.5 Å². The molecule has 4 aromatic rings. The number of esters is 1. The largest absolute Gasteiger partial charge is 0.507 e. The average Bonchev–Trinajstić information content (AvgIpc) is 1.28. The number of aromatic amines is 1. The molecule has 26 heteroatoms. The van der Waals surface area contributed by atoms with Gasteiger partial charge in [-0.25, -0.2) is 9.59 Å². The molecule has 4 fully saturated rings. The minimum Gasteiger partial charge on any atom is -0.507 e. The fraction of sp³-hybridized carbons (Fsp3) is 0.469. The van der Waals surface area contributed by atoms with Crippen LogP contribution in [0.4, 0.5) is 0 Å². The molecular weight excluding hydrogens is 1180 g/mol. The lowest BCUT2D eigenvalue weighted by molar-refractivity contribution is -0.434. The zero-order valence-electron chi connectivity index (χ0n) is 48.0. The van der Waals surface area contributed by atoms with Gasteiger partial charge in [-0.3, -0.25) is 14.9 Å². The number of phenolic OH excluding ortho intramolecular Hbond substituents is 3. The van der Waals surface area contributed by atoms with Gasteiger partial charge >= 0.3 is 11.9 Å². The third-order valence-corrected chi connectivity index (χ3v) is 19.6. The molecule has 0 radical (unpaired) electrons. The van der Waals surface area contributed by atoms with E-state index in [9.17, 15) is 85.9 Å². The first-order valence-corrected chi connectivity index (χ1v) is 29.6. The first-order chi connectivity index (χ1) is 42.8. The minimum atomic E-state index is -4.12. The summed E-state index contributed by atoms with van der Waals surface area (Å²) >= 11 is 0. The summed E-state index contributed by atoms with van der Waals surface area (Å²) < 4.78 is 32.9. The molecule has 16 atom stereocenters. The van der Waals surface area contributed by atoms with Crippen LogP contribution >= 0.6 is 0 Å². The molecule has 10 aliphatic rings. The van der Waals surface area contributed by atoms with Crippen molar-refractivity contribution in [1.29, 1.82) is 0 Å². The van der Waals surface area contributed by atoms with Crippen molar-refractivity contribution in [3.63, 3.8) is 0 Å². The Morgan fingerprint density at radius 2 is 1.68 bits per heavy atom. The van der Waals surface area contributed by atoms with E-state index in [-0.39, 0.29) is 70.5 Å². The predicted molar refractivity (Wildman–Crippen MR) is 307 cm³/mol. The Bertz CT molecular complexity index is 4050. The Morgan fingerprint density at radius 3 is 2.42 bits per heavy atom. The Labute approximate surface area is 510 Å². The maximum atomic E-state index is 16.3. The molecular formula is C64H65N3O23. The van der Waals surface area contributed by atoms with Crippen LogP contribution in [0.15, 0.2) is 92.5 Å². The summed E-state index contributed by atoms with van der Waals surface area (Å²) in [5.74, 6) is -13.3. The van der Waals surface area contributed by atoms with Gasteiger partial charge < -0.3 is 105 Å². The number of ketones is 1. The molecule has 2 aromatic heterocycles. The number of nitrogens with one attached hydrogen (secondary N) is 3. The number of carboxylic acids is 1. The van der Waals surface area contributed by atoms with Gasteiger partial charge in [0.05, 0.1) is 12.6 Å². The number of H-pyrrole nitrogens is 1. The summed E-state index contributed by atoms with van der Waals surface area (Å²) in [5.41, 5.74) is -10.3. The van der Waals surface area contributed by atoms with Crippen LogP contribution in [0.1, 0.15) is 98.9 Å². The Hall–Kier alpha value is -7.90. The number of allylic oxidation sites excluding steroid dienone is 5. The number of aromatic hydroxyl groups is 3. The van der Waals surface area contributed by atoms with Crippen molar-refractivity contribution >= 4 is 28.7 Å². The maximum Gasteiger partial charge on any atom is 0.354 e. The van der Waals surface area contributed by atoms with E-state index in [1.807, 2.05) is 13.0 Å². The van der Waals surface area contributed by atoms with Crippen LogP contribution in [0.3, 0.4) is 0 Å². The van der Waals surface area contributed by atoms with Gasteiger partial charge in [0, 0.05) is 108 Å². The number of carbonyl (C=O) groups is 3. The number of phenols is 3. The summed E-state index contributed by atoms with van der Waals surface area (Å²) in [6, 6.07) is 6.11. The van der Waals surface area contributed by atoms with Gasteiger partial charge in [0.1, 0.15) is 52.1 Å². The zero-order chi connectivity index (χ0) is 63.9. The molecule has 10 heterocycles. The second kappa shape index (κ2) is 21.6. The molecule has 8 aliphatic heterocycles. The van der Waals surface area contributed by atoms with Gasteiger partial charge in [-0.15, -0.1) is 0 Å². The number of hydrogen-bond donors (Lipinski definition) is 17. The molecule has 0 saturated carbocycles. The molecule has 14 rings (SSSR count). The molecule has 0 amide bonds. The molecule has 26 nitrogen and oxygen atoms in total. The van der Waals surface area contributed by atoms with E-state index in [0.29, 0.717) is 24.1 Å². The fourth-order valence-corrected chi connectivity index (χ4v) is 14.8. The summed E-state index contributed by atoms with van der Waals surface area (Å²) in [6.07, 6.45) is -8.78. The zero-order valence-corrected chi connectivity index (χ0v) is 48.0. The van der Waals surface area contributed by atoms with Crippen molar-refractivity contribution in [2.45, 2.75) is 160 Å². The Kier molecular flexibility index (Phi) is 14.7. The number of dihydropyridines is 1. The number of carbonyl (C=O) groups excluding carboxylic acids is 2. The molecule has 8 bridgehead atoms. The molecule has 4 saturated heterocycles. The Balaban J connectivity index is 1.16. The fourth-order valence-electron chi connectivity index (χ4n) is 14.8. The highest BCUT2D eigenvalue weighted by molar-refractivity contribution is 5.90. The highest BCUT2D eigenvalue weighted by atomic mass is 16.8. The third kappa shape index (κ3) is 8.84. The number of aliphatic hydroxyl groups excluding tert-OH is 7. The SMILES string of the molecule is CCC1=C([C@@H]2C=C3[C@H]4CC[C@@H](O)C(=O)C[C@@H](CO)C[C@]56OC(=O)[C@@]7(CC#C[C@](C(=O)O)(O5)C(O)(O)[C@H](O)[C@H]6O)O[C@]3(Oc3cc5oc(-c6cc(O)c(O)c(CCO)c6)cc(=O)c5c(O)c32)[C@H](O)[C@@H](O)[C@@]7(O)CC#Cc2cc[nH]c24)C=C2C(N1)N[C@@H]1C=CC[C@H]2C1. The van der Waals surface area contributed by atoms with Crippen LogP contribution in [0.25, 0.3) is 22.3 Å². The highest BCUT2D eigenvalue weighted by Gasteiger charge is 2.78. The van der Waals surface area contributed by atoms with Crippen molar-refractivity contribution < 1.29 is 109 Å². The number of fused-ring (bicyclic) bond motifs is 10. The van der Waals surface area contributed by atoms with Crippen LogP contribution in [-0.2, 0) is 35.0 Å². The van der Waals surface area contributed by atoms with Gasteiger partial charge in [-0.1, -0.05) is 49.0 Å². The first-order valence-electron chi connectivity index (χ1n) is 29.6. The third-order valence-electron chi connectivity index (χ3n) is 19.6. The van der Waals surface area contributed by atoms with Crippen molar-refractivity contribution in [3.05, 3.63) is 116 Å². The van der Waals surface area contributed by atoms with Crippen LogP contribution in [-0.4, -0.2) is 184 Å². The van der Waals surface area contributed by atoms with E-state index < -0.39 is 191 Å². The quantitative estimate of drug-likeness (QED) is 0.0374. The van der Waals surface area contributed by atoms with E-state index in [1.54, 1.807) is 0 Å². The number of aromatic nitrogens is 1. The Morgan fingerprint density at radius 1 is 0.889 bits per heavy atom. The van der Waals surface area contributed by atoms with E-state index in [1.165, 1.54) is 24.4 Å². The van der Waals surface area contributed by atoms with Crippen molar-refractivity contribution in [2.24, 2.45) is 11.8 Å². The standard InChI is InChI=1S/C64H65N3O23/c1-2-39-36(22-35-30-6-3-8-33(20-30)66-56(35)67-39)37-23-38-34-9-10-40(70)41(71)18-28(27-69)26-62-53(77)55(79)64(84,85)60(89-62,57(80)81)14-5-15-61(58(82)88-62)59(83,13-4-7-29-11-16-65-49(29)34)52(76)54(78)63(38,90-61)87-46-25-45-48(51(75)47(37)46)42(72)24-44(86-45)32-19-31(12-17-68)50(74)43(73)21-32/h3,8,11,16,19,21-25,28,30,33-34,37,40,52-56,65-70,73-79,83-85H,2,6,9-10,12-13,15,17-18,20,26-27H2,1H3,(H,80,81)/t28-,30+,33-,34-,37+,40-,52-,53-,54-,55-,56?,59+,60-,61-,62+,63+/m1/s1. The van der Waals surface area contributed by atoms with Crippen molar-refractivity contribution in [1.82, 2.24) is 15.6 Å². The topological polar surface area (TPSA) is 441 Å². The van der Waals surface area contributed by atoms with Gasteiger partial charge in [-0.05, 0) is 85.6 Å². The molecule has 474 valence electrons. The second-order valence-electron chi connectivity index (χ2n) is 24.7. The summed E-state index contributed by atoms with van der Waals surface area (Å²) in [4.78, 5) is 62.6. The smallest absolute Gasteiger partial charge is 0.354 e. The normalized spacial score (nSPS) is 36.5. The lowest BCUT2D eigenvalue weighted by atomic mass is 9.66. The summed E-state index contributed by atoms with van der Waals surface area (Å²) in [6.45, 7) is 0.328. The van der Waals surface area contributed by atoms with E-state index in [4.69, 9.17) is 23.4 Å². The molecule has 1 unspecified atom stereocenters. The van der Waals surface area contributed by atoms with Gasteiger partial charge in [0.2, 0.25) is 17.2 Å². The molecule has 3 spiro atoms. The lowest BCUT2D eigenvalue weighted by Gasteiger charge is -2.59. The number of benzene rings is 2. The van der Waals surface area contributed by atoms with E-state index in [2.05, 4.69) is 51.5 Å². The average molecular weight is 1240 g/mol. The van der Waals surface area contributed by atoms with Crippen molar-refractivity contribution in [2.75, 3.05) is 13.2 Å². The lowest BCUT2D eigenvalue weighted by Crippen LogP contribution is -2.81. The summed E-state index contributed by atoms with van der Waals surface area (Å²) in [5, 5.41) is 173. The number of hydrogen-bond acceptors (Lipinski definition) is 24. The van der Waals surface area contributed by atoms with E-state index in [0.717, 1.165) is 23.8 Å². The van der Waals surface area contributed by atoms with Crippen LogP contribution < -0.4 is 20.8 Å². The number of carboxylic acid groups (broad SMARTS) is 1. The van der Waals surface area contributed by atoms with Crippen LogP contribution in [0.2, 0.25) is 0 Å². The monoisotopic (exact) mass is 1240 g/mol. The molecule has 17 N–H and O–H groups in total. The number of piperidine rings is 1. The molecule has 90 heavy (non-hydrogen) atoms. The molecule has 2 aliphatic carbocycles. The number of aliphatic hydroxyl groups is 10. The van der Waals surface area contributed by atoms with E-state index >= 15 is 4.79 Å². The molecule has 2 aromatic carbocycles. The number of aliphatic carboxylic acids is 1. The predicted octanol–water partition coefficient (Wildman–Crippen LogP) is -0.227. The van der Waals surface area contributed by atoms with Crippen LogP contribution in [0.5, 0.6) is 23.0 Å². The van der Waals surface area contributed by atoms with Crippen molar-refractivity contribution in [3.8, 4) is 58.0 Å².